The number of aliphatic hydroxyl groups excluding tert-OH is 1. The minimum atomic E-state index is -1.47. The van der Waals surface area contributed by atoms with Crippen molar-refractivity contribution < 1.29 is 48.0 Å². The van der Waals surface area contributed by atoms with Crippen LogP contribution >= 0.6 is 11.6 Å². The number of amides is 1. The number of nitrogens with one attached hydrogen (secondary N) is 1. The summed E-state index contributed by atoms with van der Waals surface area (Å²) in [6, 6.07) is 5.92. The van der Waals surface area contributed by atoms with E-state index in [0.29, 0.717) is 11.4 Å². The molecule has 1 amide bonds. The van der Waals surface area contributed by atoms with Gasteiger partial charge in [0.15, 0.2) is 17.7 Å². The summed E-state index contributed by atoms with van der Waals surface area (Å²) in [5.74, 6) is -5.15. The van der Waals surface area contributed by atoms with E-state index in [1.54, 1.807) is 53.7 Å². The first-order valence-corrected chi connectivity index (χ1v) is 18.7. The van der Waals surface area contributed by atoms with Crippen LogP contribution < -0.4 is 5.43 Å². The second-order valence-electron chi connectivity index (χ2n) is 15.5. The van der Waals surface area contributed by atoms with E-state index in [9.17, 15) is 24.3 Å². The molecule has 13 atom stereocenters. The summed E-state index contributed by atoms with van der Waals surface area (Å²) in [7, 11) is 5.21. The summed E-state index contributed by atoms with van der Waals surface area (Å²) in [4.78, 5) is 58.2. The van der Waals surface area contributed by atoms with Crippen molar-refractivity contribution in [2.45, 2.75) is 135 Å². The maximum Gasteiger partial charge on any atom is 0.425 e. The van der Waals surface area contributed by atoms with E-state index >= 15 is 0 Å². The molecular formula is C38H58ClN3O10. The fourth-order valence-corrected chi connectivity index (χ4v) is 8.44. The van der Waals surface area contributed by atoms with Crippen LogP contribution in [-0.4, -0.2) is 114 Å². The van der Waals surface area contributed by atoms with Gasteiger partial charge in [0, 0.05) is 42.5 Å². The van der Waals surface area contributed by atoms with Crippen LogP contribution in [0.5, 0.6) is 0 Å². The first-order valence-electron chi connectivity index (χ1n) is 18.3. The van der Waals surface area contributed by atoms with Crippen LogP contribution in [-0.2, 0) is 44.6 Å². The molecule has 292 valence electrons. The number of esters is 1. The van der Waals surface area contributed by atoms with E-state index in [-0.39, 0.29) is 37.3 Å². The van der Waals surface area contributed by atoms with E-state index in [1.807, 2.05) is 38.1 Å². The third-order valence-electron chi connectivity index (χ3n) is 11.4. The summed E-state index contributed by atoms with van der Waals surface area (Å²) >= 11 is 6.08. The standard InChI is InChI=1S/C38H58ClN3O10/c1-12-28-38(8)32(42(36(47)52-38)40-19-25-13-15-26(39)16-14-25)22(4)29(43)20(2)18-37(7,48-11)33(23(5)30(44)24(6)34(46)50-28)51-35-31(45)27(41(9)10)17-21(3)49-35/h13-16,20-24,27-28,31-33,35,40,45H,12,17-19H2,1-11H3/t20-,21-,22+,23+,24-,27+,28-,31-,32-,33-,35+,37-,38-/m1/s1. The van der Waals surface area contributed by atoms with Crippen LogP contribution in [0.25, 0.3) is 0 Å². The Balaban J connectivity index is 1.77. The normalized spacial score (nSPS) is 39.6. The van der Waals surface area contributed by atoms with E-state index in [4.69, 9.17) is 35.3 Å². The average molecular weight is 752 g/mol. The highest BCUT2D eigenvalue weighted by Gasteiger charge is 2.61. The molecule has 0 saturated carbocycles. The predicted molar refractivity (Wildman–Crippen MR) is 193 cm³/mol. The summed E-state index contributed by atoms with van der Waals surface area (Å²) in [5, 5.41) is 13.3. The van der Waals surface area contributed by atoms with Crippen LogP contribution in [0, 0.1) is 23.7 Å². The predicted octanol–water partition coefficient (Wildman–Crippen LogP) is 4.55. The first kappa shape index (κ1) is 42.1. The second-order valence-corrected chi connectivity index (χ2v) is 16.0. The smallest absolute Gasteiger partial charge is 0.425 e. The molecular weight excluding hydrogens is 694 g/mol. The van der Waals surface area contributed by atoms with Crippen LogP contribution in [0.15, 0.2) is 24.3 Å². The Morgan fingerprint density at radius 2 is 1.65 bits per heavy atom. The maximum atomic E-state index is 14.6. The van der Waals surface area contributed by atoms with Gasteiger partial charge in [0.25, 0.3) is 0 Å². The van der Waals surface area contributed by atoms with Crippen LogP contribution in [0.2, 0.25) is 5.02 Å². The van der Waals surface area contributed by atoms with Gasteiger partial charge in [-0.2, -0.15) is 0 Å². The van der Waals surface area contributed by atoms with E-state index in [1.165, 1.54) is 19.0 Å². The number of aliphatic hydroxyl groups is 1. The Kier molecular flexibility index (Phi) is 13.6. The number of likely N-dealkylation sites (N-methyl/N-ethyl adjacent to an activating group) is 1. The zero-order chi connectivity index (χ0) is 38.9. The summed E-state index contributed by atoms with van der Waals surface area (Å²) in [5.41, 5.74) is 1.24. The number of carbonyl (C=O) groups excluding carboxylic acids is 4. The molecule has 0 spiro atoms. The van der Waals surface area contributed by atoms with Crippen molar-refractivity contribution in [3.05, 3.63) is 34.9 Å². The molecule has 4 rings (SSSR count). The van der Waals surface area contributed by atoms with Gasteiger partial charge in [-0.3, -0.25) is 14.4 Å². The number of hydrogen-bond acceptors (Lipinski definition) is 12. The molecule has 1 aromatic rings. The van der Waals surface area contributed by atoms with Crippen molar-refractivity contribution in [1.29, 1.82) is 0 Å². The number of hydrogen-bond donors (Lipinski definition) is 2. The largest absolute Gasteiger partial charge is 0.458 e. The second kappa shape index (κ2) is 16.8. The van der Waals surface area contributed by atoms with Gasteiger partial charge < -0.3 is 33.7 Å². The van der Waals surface area contributed by atoms with Crippen molar-refractivity contribution in [2.75, 3.05) is 21.2 Å². The monoisotopic (exact) mass is 751 g/mol. The van der Waals surface area contributed by atoms with Gasteiger partial charge in [-0.05, 0) is 78.7 Å². The van der Waals surface area contributed by atoms with Crippen molar-refractivity contribution >= 4 is 35.2 Å². The number of ketones is 2. The molecule has 3 fully saturated rings. The third-order valence-corrected chi connectivity index (χ3v) is 11.7. The quantitative estimate of drug-likeness (QED) is 0.283. The van der Waals surface area contributed by atoms with Crippen molar-refractivity contribution in [2.24, 2.45) is 23.7 Å². The van der Waals surface area contributed by atoms with E-state index in [2.05, 4.69) is 5.43 Å². The minimum absolute atomic E-state index is 0.108. The maximum absolute atomic E-state index is 14.6. The molecule has 13 nitrogen and oxygen atoms in total. The number of carbonyl (C=O) groups is 4. The molecule has 3 aliphatic rings. The Morgan fingerprint density at radius 1 is 1.02 bits per heavy atom. The number of ether oxygens (including phenoxy) is 5. The van der Waals surface area contributed by atoms with Gasteiger partial charge in [-0.25, -0.2) is 15.2 Å². The molecule has 2 N–H and O–H groups in total. The molecule has 14 heteroatoms. The lowest BCUT2D eigenvalue weighted by Crippen LogP contribution is -2.61. The number of hydrazine groups is 1. The summed E-state index contributed by atoms with van der Waals surface area (Å²) < 4.78 is 30.9. The highest BCUT2D eigenvalue weighted by molar-refractivity contribution is 6.30. The molecule has 0 bridgehead atoms. The number of nitrogens with zero attached hydrogens (tertiary/aromatic N) is 2. The van der Waals surface area contributed by atoms with Crippen LogP contribution in [0.1, 0.15) is 80.2 Å². The molecule has 0 unspecified atom stereocenters. The van der Waals surface area contributed by atoms with E-state index in [0.717, 1.165) is 5.56 Å². The molecule has 0 aromatic heterocycles. The lowest BCUT2D eigenvalue weighted by molar-refractivity contribution is -0.295. The molecule has 0 aliphatic carbocycles. The highest BCUT2D eigenvalue weighted by Crippen LogP contribution is 2.42. The van der Waals surface area contributed by atoms with Gasteiger partial charge in [0.05, 0.1) is 17.8 Å². The number of rotatable bonds is 8. The Hall–Kier alpha value is -2.65. The molecule has 1 aromatic carbocycles. The van der Waals surface area contributed by atoms with Gasteiger partial charge in [-0.15, -0.1) is 0 Å². The van der Waals surface area contributed by atoms with Crippen molar-refractivity contribution in [1.82, 2.24) is 15.3 Å². The molecule has 3 aliphatic heterocycles. The lowest BCUT2D eigenvalue weighted by atomic mass is 9.73. The zero-order valence-electron chi connectivity index (χ0n) is 32.4. The number of benzene rings is 1. The Labute approximate surface area is 312 Å². The number of halogens is 1. The zero-order valence-corrected chi connectivity index (χ0v) is 33.1. The van der Waals surface area contributed by atoms with Gasteiger partial charge in [-0.1, -0.05) is 51.4 Å². The molecule has 3 heterocycles. The van der Waals surface area contributed by atoms with Crippen LogP contribution in [0.3, 0.4) is 0 Å². The van der Waals surface area contributed by atoms with Gasteiger partial charge >= 0.3 is 12.1 Å². The van der Waals surface area contributed by atoms with Gasteiger partial charge in [0.1, 0.15) is 30.0 Å². The average Bonchev–Trinajstić information content (AvgIpc) is 3.36. The topological polar surface area (TPSA) is 153 Å². The van der Waals surface area contributed by atoms with Crippen molar-refractivity contribution in [3.63, 3.8) is 0 Å². The molecule has 52 heavy (non-hydrogen) atoms. The molecule has 0 radical (unpaired) electrons. The number of Topliss-reactive ketones (excluding diaryl/α,β-unsaturated/α-hetero) is 2. The fourth-order valence-electron chi connectivity index (χ4n) is 8.31. The SMILES string of the molecule is CC[C@H]1OC(=O)[C@H](C)C(=O)[C@H](C)[C@@H](O[C@@H]2O[C@H](C)C[C@H](N(C)C)[C@H]2O)[C@](C)(OC)C[C@@H](C)C(=O)[C@H](C)[C@H]2N(NCc3ccc(Cl)cc3)C(=O)O[C@]12C. The third kappa shape index (κ3) is 8.51. The minimum Gasteiger partial charge on any atom is -0.458 e. The van der Waals surface area contributed by atoms with Crippen molar-refractivity contribution in [3.8, 4) is 0 Å². The van der Waals surface area contributed by atoms with Gasteiger partial charge in [0.2, 0.25) is 0 Å². The fraction of sp³-hybridized carbons (Fsp3) is 0.737. The number of methoxy groups -OCH3 is 1. The number of fused-ring (bicyclic) bond motifs is 1. The Bertz CT molecular complexity index is 1450. The first-order chi connectivity index (χ1) is 24.3. The lowest BCUT2D eigenvalue weighted by Gasteiger charge is -2.47. The van der Waals surface area contributed by atoms with E-state index < -0.39 is 83.4 Å². The number of cyclic esters (lactones) is 1. The summed E-state index contributed by atoms with van der Waals surface area (Å²) in [6.45, 7) is 14.0. The summed E-state index contributed by atoms with van der Waals surface area (Å²) in [6.07, 6.45) is -4.31. The Morgan fingerprint density at radius 3 is 2.23 bits per heavy atom. The van der Waals surface area contributed by atoms with Crippen LogP contribution in [0.4, 0.5) is 4.79 Å². The molecule has 3 saturated heterocycles. The highest BCUT2D eigenvalue weighted by atomic mass is 35.5.